The molecule has 5 N–H and O–H groups in total. The molecule has 1 aromatic rings. The van der Waals surface area contributed by atoms with E-state index in [9.17, 15) is 0 Å². The van der Waals surface area contributed by atoms with E-state index in [0.29, 0.717) is 24.9 Å². The van der Waals surface area contributed by atoms with Gasteiger partial charge in [-0.2, -0.15) is 15.0 Å². The van der Waals surface area contributed by atoms with Gasteiger partial charge in [0.05, 0.1) is 0 Å². The van der Waals surface area contributed by atoms with Crippen LogP contribution in [0.15, 0.2) is 0 Å². The summed E-state index contributed by atoms with van der Waals surface area (Å²) < 4.78 is 0. The number of aryl methyl sites for hydroxylation is 1. The Morgan fingerprint density at radius 1 is 1.33 bits per heavy atom. The molecule has 1 heterocycles. The number of aromatic nitrogens is 3. The van der Waals surface area contributed by atoms with Crippen LogP contribution < -0.4 is 16.8 Å². The zero-order chi connectivity index (χ0) is 8.97. The van der Waals surface area contributed by atoms with Crippen LogP contribution in [0, 0.1) is 6.92 Å². The first kappa shape index (κ1) is 8.66. The summed E-state index contributed by atoms with van der Waals surface area (Å²) in [6.45, 7) is 2.92. The SMILES string of the molecule is Cc1nc(N)nc(NCCN)n1. The second-order valence-corrected chi connectivity index (χ2v) is 2.28. The lowest BCUT2D eigenvalue weighted by Crippen LogP contribution is -2.16. The molecule has 0 bridgehead atoms. The van der Waals surface area contributed by atoms with Crippen LogP contribution in [-0.2, 0) is 0 Å². The Morgan fingerprint density at radius 3 is 2.67 bits per heavy atom. The Morgan fingerprint density at radius 2 is 2.08 bits per heavy atom. The third-order valence-electron chi connectivity index (χ3n) is 1.19. The van der Waals surface area contributed by atoms with Crippen molar-refractivity contribution in [3.63, 3.8) is 0 Å². The first-order valence-electron chi connectivity index (χ1n) is 3.64. The highest BCUT2D eigenvalue weighted by atomic mass is 15.2. The molecule has 0 unspecified atom stereocenters. The fraction of sp³-hybridized carbons (Fsp3) is 0.500. The average molecular weight is 168 g/mol. The lowest BCUT2D eigenvalue weighted by molar-refractivity contribution is 0.944. The molecule has 0 radical (unpaired) electrons. The minimum Gasteiger partial charge on any atom is -0.368 e. The van der Waals surface area contributed by atoms with Crippen LogP contribution in [0.4, 0.5) is 11.9 Å². The van der Waals surface area contributed by atoms with E-state index in [-0.39, 0.29) is 5.95 Å². The van der Waals surface area contributed by atoms with Crippen molar-refractivity contribution in [2.45, 2.75) is 6.92 Å². The topological polar surface area (TPSA) is 103 Å². The molecular formula is C6H12N6. The number of nitrogens with one attached hydrogen (secondary N) is 1. The summed E-state index contributed by atoms with van der Waals surface area (Å²) in [7, 11) is 0. The first-order chi connectivity index (χ1) is 5.72. The molecule has 0 saturated heterocycles. The zero-order valence-corrected chi connectivity index (χ0v) is 6.91. The fourth-order valence-corrected chi connectivity index (χ4v) is 0.766. The van der Waals surface area contributed by atoms with Crippen molar-refractivity contribution in [3.05, 3.63) is 5.82 Å². The van der Waals surface area contributed by atoms with Crippen molar-refractivity contribution in [2.24, 2.45) is 5.73 Å². The van der Waals surface area contributed by atoms with Crippen molar-refractivity contribution in [1.82, 2.24) is 15.0 Å². The van der Waals surface area contributed by atoms with Gasteiger partial charge >= 0.3 is 0 Å². The minimum absolute atomic E-state index is 0.224. The molecule has 6 heteroatoms. The smallest absolute Gasteiger partial charge is 0.227 e. The van der Waals surface area contributed by atoms with Gasteiger partial charge in [0.1, 0.15) is 5.82 Å². The minimum atomic E-state index is 0.224. The molecule has 1 aromatic heterocycles. The molecular weight excluding hydrogens is 156 g/mol. The molecule has 0 fully saturated rings. The van der Waals surface area contributed by atoms with E-state index in [2.05, 4.69) is 20.3 Å². The van der Waals surface area contributed by atoms with E-state index in [4.69, 9.17) is 11.5 Å². The van der Waals surface area contributed by atoms with Gasteiger partial charge in [-0.1, -0.05) is 0 Å². The Labute approximate surface area is 70.4 Å². The third kappa shape index (κ3) is 2.31. The first-order valence-corrected chi connectivity index (χ1v) is 3.64. The van der Waals surface area contributed by atoms with E-state index in [1.165, 1.54) is 0 Å². The quantitative estimate of drug-likeness (QED) is 0.542. The maximum atomic E-state index is 5.40. The van der Waals surface area contributed by atoms with Gasteiger partial charge in [-0.25, -0.2) is 0 Å². The van der Waals surface area contributed by atoms with Crippen LogP contribution in [0.25, 0.3) is 0 Å². The van der Waals surface area contributed by atoms with E-state index in [1.54, 1.807) is 6.92 Å². The Hall–Kier alpha value is -1.43. The van der Waals surface area contributed by atoms with E-state index in [0.717, 1.165) is 0 Å². The van der Waals surface area contributed by atoms with E-state index >= 15 is 0 Å². The number of hydrogen-bond donors (Lipinski definition) is 3. The Bertz CT molecular complexity index is 240. The summed E-state index contributed by atoms with van der Waals surface area (Å²) >= 11 is 0. The van der Waals surface area contributed by atoms with E-state index in [1.807, 2.05) is 0 Å². The second kappa shape index (κ2) is 3.82. The lowest BCUT2D eigenvalue weighted by atomic mass is 10.6. The molecule has 0 aliphatic carbocycles. The predicted molar refractivity (Wildman–Crippen MR) is 46.5 cm³/mol. The zero-order valence-electron chi connectivity index (χ0n) is 6.91. The van der Waals surface area contributed by atoms with Crippen molar-refractivity contribution in [3.8, 4) is 0 Å². The molecule has 66 valence electrons. The number of nitrogens with two attached hydrogens (primary N) is 2. The van der Waals surface area contributed by atoms with Gasteiger partial charge in [0, 0.05) is 13.1 Å². The summed E-state index contributed by atoms with van der Waals surface area (Å²) in [5.74, 6) is 1.30. The van der Waals surface area contributed by atoms with Gasteiger partial charge < -0.3 is 16.8 Å². The van der Waals surface area contributed by atoms with Crippen LogP contribution in [0.1, 0.15) is 5.82 Å². The van der Waals surface area contributed by atoms with Gasteiger partial charge in [-0.3, -0.25) is 0 Å². The molecule has 1 rings (SSSR count). The highest BCUT2D eigenvalue weighted by Gasteiger charge is 1.98. The molecule has 6 nitrogen and oxygen atoms in total. The summed E-state index contributed by atoms with van der Waals surface area (Å²) in [6, 6.07) is 0. The van der Waals surface area contributed by atoms with Crippen LogP contribution in [0.2, 0.25) is 0 Å². The van der Waals surface area contributed by atoms with Crippen molar-refractivity contribution in [2.75, 3.05) is 24.1 Å². The standard InChI is InChI=1S/C6H12N6/c1-4-10-5(8)12-6(11-4)9-3-2-7/h2-3,7H2,1H3,(H3,8,9,10,11,12). The van der Waals surface area contributed by atoms with E-state index < -0.39 is 0 Å². The molecule has 0 aliphatic rings. The summed E-state index contributed by atoms with van der Waals surface area (Å²) in [5.41, 5.74) is 10.7. The third-order valence-corrected chi connectivity index (χ3v) is 1.19. The van der Waals surface area contributed by atoms with Crippen molar-refractivity contribution in [1.29, 1.82) is 0 Å². The molecule has 0 atom stereocenters. The van der Waals surface area contributed by atoms with Gasteiger partial charge in [0.15, 0.2) is 0 Å². The number of nitrogens with zero attached hydrogens (tertiary/aromatic N) is 3. The van der Waals surface area contributed by atoms with Crippen LogP contribution in [0.5, 0.6) is 0 Å². The average Bonchev–Trinajstić information content (AvgIpc) is 1.99. The number of nitrogen functional groups attached to an aromatic ring is 1. The maximum Gasteiger partial charge on any atom is 0.227 e. The normalized spacial score (nSPS) is 9.83. The highest BCUT2D eigenvalue weighted by molar-refractivity contribution is 5.30. The molecule has 0 aromatic carbocycles. The Kier molecular flexibility index (Phi) is 2.76. The molecule has 12 heavy (non-hydrogen) atoms. The number of anilines is 2. The highest BCUT2D eigenvalue weighted by Crippen LogP contribution is 1.99. The number of rotatable bonds is 3. The molecule has 0 saturated carbocycles. The van der Waals surface area contributed by atoms with Gasteiger partial charge in [-0.05, 0) is 6.92 Å². The summed E-state index contributed by atoms with van der Waals surface area (Å²) in [4.78, 5) is 11.7. The Balaban J connectivity index is 2.72. The molecule has 0 aliphatic heterocycles. The molecule has 0 spiro atoms. The van der Waals surface area contributed by atoms with Crippen molar-refractivity contribution >= 4 is 11.9 Å². The number of hydrogen-bond acceptors (Lipinski definition) is 6. The lowest BCUT2D eigenvalue weighted by Gasteiger charge is -2.03. The van der Waals surface area contributed by atoms with Crippen LogP contribution in [-0.4, -0.2) is 28.0 Å². The van der Waals surface area contributed by atoms with Gasteiger partial charge in [0.25, 0.3) is 0 Å². The van der Waals surface area contributed by atoms with Crippen LogP contribution in [0.3, 0.4) is 0 Å². The summed E-state index contributed by atoms with van der Waals surface area (Å²) in [6.07, 6.45) is 0. The maximum absolute atomic E-state index is 5.40. The van der Waals surface area contributed by atoms with Crippen molar-refractivity contribution < 1.29 is 0 Å². The van der Waals surface area contributed by atoms with Gasteiger partial charge in [0.2, 0.25) is 11.9 Å². The largest absolute Gasteiger partial charge is 0.368 e. The second-order valence-electron chi connectivity index (χ2n) is 2.28. The van der Waals surface area contributed by atoms with Crippen LogP contribution >= 0.6 is 0 Å². The van der Waals surface area contributed by atoms with Gasteiger partial charge in [-0.15, -0.1) is 0 Å². The summed E-state index contributed by atoms with van der Waals surface area (Å²) in [5, 5.41) is 2.91. The predicted octanol–water partition coefficient (Wildman–Crippen LogP) is -0.867. The molecule has 0 amide bonds. The fourth-order valence-electron chi connectivity index (χ4n) is 0.766. The monoisotopic (exact) mass is 168 g/mol.